The van der Waals surface area contributed by atoms with Crippen LogP contribution < -0.4 is 29.6 Å². The van der Waals surface area contributed by atoms with Crippen LogP contribution in [0.1, 0.15) is 1.43 Å². The minimum atomic E-state index is -5.84. The maximum absolute atomic E-state index is 10.7. The molecule has 0 aliphatic rings. The van der Waals surface area contributed by atoms with Gasteiger partial charge in [0.05, 0.1) is 0 Å². The first-order chi connectivity index (χ1) is 3.25. The number of alkyl halides is 3. The van der Waals surface area contributed by atoms with Crippen LogP contribution >= 0.6 is 0 Å². The molecular weight excluding hydrogens is 280 g/mol. The van der Waals surface area contributed by atoms with E-state index in [2.05, 4.69) is 0 Å². The van der Waals surface area contributed by atoms with E-state index in [9.17, 15) is 13.2 Å². The Morgan fingerprint density at radius 3 is 1.40 bits per heavy atom. The molecule has 0 spiro atoms. The zero-order valence-electron chi connectivity index (χ0n) is 5.61. The first kappa shape index (κ1) is 17.5. The maximum atomic E-state index is 10.7. The molecule has 10 heavy (non-hydrogen) atoms. The molecule has 0 saturated heterocycles. The van der Waals surface area contributed by atoms with Crippen molar-refractivity contribution in [2.24, 2.45) is 0 Å². The minimum absolute atomic E-state index is 0. The van der Waals surface area contributed by atoms with Crippen molar-refractivity contribution >= 4 is 10.1 Å². The monoisotopic (exact) mass is 281 g/mol. The van der Waals surface area contributed by atoms with Gasteiger partial charge in [-0.2, -0.15) is 21.6 Å². The molecule has 0 amide bonds. The van der Waals surface area contributed by atoms with E-state index in [1.54, 1.807) is 0 Å². The summed E-state index contributed by atoms with van der Waals surface area (Å²) in [7, 11) is -5.84. The van der Waals surface area contributed by atoms with Gasteiger partial charge in [-0.3, -0.25) is 4.55 Å². The molecule has 0 saturated carbocycles. The SMILES string of the molecule is O=S(=O)(O)C(F)(F)F.[Ag].[H-].[Na+]. The van der Waals surface area contributed by atoms with E-state index in [0.29, 0.717) is 0 Å². The molecule has 63 valence electrons. The summed E-state index contributed by atoms with van der Waals surface area (Å²) in [6.07, 6.45) is 0. The molecule has 0 fully saturated rings. The van der Waals surface area contributed by atoms with Crippen molar-refractivity contribution in [3.63, 3.8) is 0 Å². The fourth-order valence-electron chi connectivity index (χ4n) is 0. The summed E-state index contributed by atoms with van der Waals surface area (Å²) in [6, 6.07) is 0. The first-order valence-corrected chi connectivity index (χ1v) is 2.73. The Balaban J connectivity index is -0.0000000817. The number of hydrogen-bond donors (Lipinski definition) is 1. The van der Waals surface area contributed by atoms with Gasteiger partial charge in [0.15, 0.2) is 0 Å². The van der Waals surface area contributed by atoms with E-state index in [-0.39, 0.29) is 53.4 Å². The summed E-state index contributed by atoms with van der Waals surface area (Å²) in [5.74, 6) is 0. The zero-order chi connectivity index (χ0) is 7.00. The van der Waals surface area contributed by atoms with Gasteiger partial charge in [-0.15, -0.1) is 0 Å². The first-order valence-electron chi connectivity index (χ1n) is 1.29. The van der Waals surface area contributed by atoms with Crippen LogP contribution in [0, 0.1) is 0 Å². The van der Waals surface area contributed by atoms with Gasteiger partial charge in [0, 0.05) is 22.4 Å². The second-order valence-electron chi connectivity index (χ2n) is 0.921. The molecule has 1 radical (unpaired) electrons. The van der Waals surface area contributed by atoms with E-state index in [1.165, 1.54) is 0 Å². The molecule has 0 aliphatic carbocycles. The third-order valence-electron chi connectivity index (χ3n) is 0.292. The van der Waals surface area contributed by atoms with Gasteiger partial charge in [-0.25, -0.2) is 0 Å². The Labute approximate surface area is 94.4 Å². The average Bonchev–Trinajstić information content (AvgIpc) is 1.25. The fourth-order valence-corrected chi connectivity index (χ4v) is 0. The Morgan fingerprint density at radius 2 is 1.40 bits per heavy atom. The van der Waals surface area contributed by atoms with Gasteiger partial charge in [0.1, 0.15) is 0 Å². The smallest absolute Gasteiger partial charge is 1.00 e. The second kappa shape index (κ2) is 5.15. The molecular formula is CH2AgF3NaO3S. The van der Waals surface area contributed by atoms with Crippen molar-refractivity contribution in [3.05, 3.63) is 0 Å². The average molecular weight is 282 g/mol. The van der Waals surface area contributed by atoms with Crippen LogP contribution in [-0.4, -0.2) is 18.5 Å². The fraction of sp³-hybridized carbons (Fsp3) is 1.00. The van der Waals surface area contributed by atoms with Crippen molar-refractivity contribution in [3.8, 4) is 0 Å². The van der Waals surface area contributed by atoms with Crippen LogP contribution in [0.5, 0.6) is 0 Å². The van der Waals surface area contributed by atoms with E-state index in [0.717, 1.165) is 0 Å². The molecule has 0 rings (SSSR count). The van der Waals surface area contributed by atoms with E-state index < -0.39 is 15.6 Å². The van der Waals surface area contributed by atoms with Crippen LogP contribution in [0.3, 0.4) is 0 Å². The predicted molar refractivity (Wildman–Crippen MR) is 18.7 cm³/mol. The molecule has 0 unspecified atom stereocenters. The Bertz CT molecular complexity index is 178. The molecule has 0 aromatic rings. The van der Waals surface area contributed by atoms with Crippen LogP contribution in [0.25, 0.3) is 0 Å². The van der Waals surface area contributed by atoms with Gasteiger partial charge in [-0.1, -0.05) is 0 Å². The topological polar surface area (TPSA) is 54.4 Å². The molecule has 1 N–H and O–H groups in total. The molecule has 0 atom stereocenters. The standard InChI is InChI=1S/CHF3O3S.Ag.Na.H/c2-1(3,4)8(5,6)7;;;/h(H,5,6,7);;;/q;;+1;-1. The number of rotatable bonds is 0. The van der Waals surface area contributed by atoms with Crippen molar-refractivity contribution in [2.75, 3.05) is 0 Å². The Morgan fingerprint density at radius 1 is 1.30 bits per heavy atom. The van der Waals surface area contributed by atoms with Gasteiger partial charge >= 0.3 is 45.2 Å². The summed E-state index contributed by atoms with van der Waals surface area (Å²) < 4.78 is 57.5. The minimum Gasteiger partial charge on any atom is -1.00 e. The second-order valence-corrected chi connectivity index (χ2v) is 2.33. The molecule has 0 aliphatic heterocycles. The third-order valence-corrected chi connectivity index (χ3v) is 0.877. The van der Waals surface area contributed by atoms with E-state index in [4.69, 9.17) is 13.0 Å². The van der Waals surface area contributed by atoms with Crippen molar-refractivity contribution in [1.82, 2.24) is 0 Å². The van der Waals surface area contributed by atoms with Gasteiger partial charge in [0.25, 0.3) is 0 Å². The molecule has 9 heteroatoms. The molecule has 3 nitrogen and oxygen atoms in total. The molecule has 0 aromatic heterocycles. The predicted octanol–water partition coefficient (Wildman–Crippen LogP) is -2.49. The summed E-state index contributed by atoms with van der Waals surface area (Å²) >= 11 is 0. The largest absolute Gasteiger partial charge is 1.00 e. The van der Waals surface area contributed by atoms with Crippen LogP contribution in [-0.2, 0) is 32.5 Å². The number of hydrogen-bond acceptors (Lipinski definition) is 2. The normalized spacial score (nSPS) is 11.2. The summed E-state index contributed by atoms with van der Waals surface area (Å²) in [4.78, 5) is 0. The quantitative estimate of drug-likeness (QED) is 0.304. The molecule has 0 bridgehead atoms. The van der Waals surface area contributed by atoms with Gasteiger partial charge in [-0.05, 0) is 0 Å². The van der Waals surface area contributed by atoms with Gasteiger partial charge in [0.2, 0.25) is 0 Å². The van der Waals surface area contributed by atoms with Crippen LogP contribution in [0.15, 0.2) is 0 Å². The van der Waals surface area contributed by atoms with Crippen molar-refractivity contribution in [1.29, 1.82) is 0 Å². The maximum Gasteiger partial charge on any atom is 1.00 e. The Hall–Kier alpha value is 1.44. The zero-order valence-corrected chi connectivity index (χ0v) is 8.91. The van der Waals surface area contributed by atoms with Crippen LogP contribution in [0.2, 0.25) is 0 Å². The third kappa shape index (κ3) is 6.17. The number of halogens is 3. The summed E-state index contributed by atoms with van der Waals surface area (Å²) in [5.41, 5.74) is -5.53. The van der Waals surface area contributed by atoms with E-state index >= 15 is 0 Å². The van der Waals surface area contributed by atoms with Crippen molar-refractivity contribution < 1.29 is 79.5 Å². The summed E-state index contributed by atoms with van der Waals surface area (Å²) in [5, 5.41) is 0. The van der Waals surface area contributed by atoms with E-state index in [1.807, 2.05) is 0 Å². The van der Waals surface area contributed by atoms with Crippen LogP contribution in [0.4, 0.5) is 13.2 Å². The van der Waals surface area contributed by atoms with Crippen molar-refractivity contribution in [2.45, 2.75) is 5.51 Å². The molecule has 0 heterocycles. The van der Waals surface area contributed by atoms with Gasteiger partial charge < -0.3 is 1.43 Å². The Kier molecular flexibility index (Phi) is 9.02. The summed E-state index contributed by atoms with van der Waals surface area (Å²) in [6.45, 7) is 0. The molecule has 0 aromatic carbocycles.